The van der Waals surface area contributed by atoms with Crippen LogP contribution in [0.2, 0.25) is 0 Å². The van der Waals surface area contributed by atoms with E-state index >= 15 is 0 Å². The molecule has 6 nitrogen and oxygen atoms in total. The lowest BCUT2D eigenvalue weighted by Gasteiger charge is -2.33. The number of pyridine rings is 1. The van der Waals surface area contributed by atoms with Crippen molar-refractivity contribution in [3.05, 3.63) is 30.4 Å². The third kappa shape index (κ3) is 4.62. The summed E-state index contributed by atoms with van der Waals surface area (Å²) in [4.78, 5) is 11.0. The van der Waals surface area contributed by atoms with Crippen molar-refractivity contribution in [3.8, 4) is 0 Å². The van der Waals surface area contributed by atoms with Gasteiger partial charge in [0.2, 0.25) is 5.13 Å². The van der Waals surface area contributed by atoms with Crippen LogP contribution in [0.5, 0.6) is 0 Å². The van der Waals surface area contributed by atoms with E-state index in [1.54, 1.807) is 7.11 Å². The molecule has 0 bridgehead atoms. The summed E-state index contributed by atoms with van der Waals surface area (Å²) in [5, 5.41) is 4.37. The highest BCUT2D eigenvalue weighted by Crippen LogP contribution is 2.23. The largest absolute Gasteiger partial charge is 0.384 e. The van der Waals surface area contributed by atoms with Gasteiger partial charge in [0.05, 0.1) is 6.61 Å². The molecule has 124 valence electrons. The van der Waals surface area contributed by atoms with Crippen LogP contribution in [0, 0.1) is 5.92 Å². The lowest BCUT2D eigenvalue weighted by molar-refractivity contribution is 0.201. The van der Waals surface area contributed by atoms with Gasteiger partial charge in [0.15, 0.2) is 0 Å². The number of nitrogens with zero attached hydrogens (tertiary/aromatic N) is 4. The summed E-state index contributed by atoms with van der Waals surface area (Å²) in [5.74, 6) is 1.56. The first-order valence-corrected chi connectivity index (χ1v) is 8.83. The second-order valence-electron chi connectivity index (χ2n) is 5.78. The number of hydrogen-bond donors (Lipinski definition) is 1. The summed E-state index contributed by atoms with van der Waals surface area (Å²) in [5.41, 5.74) is 1.28. The maximum atomic E-state index is 5.05. The second kappa shape index (κ2) is 8.21. The van der Waals surface area contributed by atoms with E-state index in [-0.39, 0.29) is 0 Å². The first-order chi connectivity index (χ1) is 11.3. The Balaban J connectivity index is 1.41. The van der Waals surface area contributed by atoms with Crippen LogP contribution in [0.15, 0.2) is 24.5 Å². The molecule has 0 saturated carbocycles. The minimum atomic E-state index is 0.670. The minimum absolute atomic E-state index is 0.670. The van der Waals surface area contributed by atoms with Gasteiger partial charge in [-0.05, 0) is 30.9 Å². The molecule has 1 saturated heterocycles. The van der Waals surface area contributed by atoms with Gasteiger partial charge in [-0.3, -0.25) is 4.98 Å². The first-order valence-electron chi connectivity index (χ1n) is 8.05. The highest BCUT2D eigenvalue weighted by molar-refractivity contribution is 7.09. The molecular formula is C16H23N5OS. The van der Waals surface area contributed by atoms with Crippen molar-refractivity contribution in [1.82, 2.24) is 14.3 Å². The Bertz CT molecular complexity index is 583. The summed E-state index contributed by atoms with van der Waals surface area (Å²) in [6.45, 7) is 3.85. The normalized spacial score (nSPS) is 15.8. The number of rotatable bonds is 7. The predicted octanol–water partition coefficient (Wildman–Crippen LogP) is 2.45. The van der Waals surface area contributed by atoms with Crippen molar-refractivity contribution in [1.29, 1.82) is 0 Å². The molecule has 1 aliphatic rings. The lowest BCUT2D eigenvalue weighted by atomic mass is 9.96. The van der Waals surface area contributed by atoms with Gasteiger partial charge in [0.25, 0.3) is 0 Å². The Kier molecular flexibility index (Phi) is 5.76. The number of aromatic nitrogens is 3. The number of ether oxygens (including phenoxy) is 1. The van der Waals surface area contributed by atoms with Gasteiger partial charge in [-0.1, -0.05) is 0 Å². The van der Waals surface area contributed by atoms with E-state index in [1.165, 1.54) is 30.1 Å². The molecule has 1 aliphatic heterocycles. The molecule has 2 aromatic heterocycles. The van der Waals surface area contributed by atoms with Gasteiger partial charge in [0, 0.05) is 62.8 Å². The van der Waals surface area contributed by atoms with E-state index in [4.69, 9.17) is 4.74 Å². The molecule has 0 aliphatic carbocycles. The number of hydrogen-bond acceptors (Lipinski definition) is 7. The maximum Gasteiger partial charge on any atom is 0.202 e. The van der Waals surface area contributed by atoms with E-state index in [2.05, 4.69) is 36.7 Å². The average Bonchev–Trinajstić information content (AvgIpc) is 3.07. The molecule has 0 amide bonds. The van der Waals surface area contributed by atoms with Crippen LogP contribution in [0.25, 0.3) is 0 Å². The Hall–Kier alpha value is -1.73. The highest BCUT2D eigenvalue weighted by atomic mass is 32.1. The zero-order valence-corrected chi connectivity index (χ0v) is 14.3. The SMILES string of the molecule is COCCc1nsc(NCC2CCN(c3ccncc3)CC2)n1. The molecular weight excluding hydrogens is 310 g/mol. The molecule has 0 aromatic carbocycles. The third-order valence-corrected chi connectivity index (χ3v) is 4.89. The molecule has 0 spiro atoms. The van der Waals surface area contributed by atoms with Crippen LogP contribution in [0.4, 0.5) is 10.8 Å². The van der Waals surface area contributed by atoms with Gasteiger partial charge in [-0.25, -0.2) is 4.98 Å². The van der Waals surface area contributed by atoms with Crippen LogP contribution in [0.3, 0.4) is 0 Å². The van der Waals surface area contributed by atoms with E-state index in [9.17, 15) is 0 Å². The van der Waals surface area contributed by atoms with Crippen molar-refractivity contribution in [3.63, 3.8) is 0 Å². The van der Waals surface area contributed by atoms with E-state index in [0.717, 1.165) is 37.0 Å². The zero-order chi connectivity index (χ0) is 15.9. The van der Waals surface area contributed by atoms with Crippen LogP contribution in [-0.2, 0) is 11.2 Å². The fourth-order valence-corrected chi connectivity index (χ4v) is 3.42. The van der Waals surface area contributed by atoms with E-state index < -0.39 is 0 Å². The molecule has 0 atom stereocenters. The molecule has 0 radical (unpaired) electrons. The van der Waals surface area contributed by atoms with Crippen LogP contribution in [0.1, 0.15) is 18.7 Å². The monoisotopic (exact) mass is 333 g/mol. The third-order valence-electron chi connectivity index (χ3n) is 4.18. The van der Waals surface area contributed by atoms with Gasteiger partial charge in [-0.2, -0.15) is 4.37 Å². The number of nitrogens with one attached hydrogen (secondary N) is 1. The highest BCUT2D eigenvalue weighted by Gasteiger charge is 2.19. The fourth-order valence-electron chi connectivity index (χ4n) is 2.80. The smallest absolute Gasteiger partial charge is 0.202 e. The average molecular weight is 333 g/mol. The van der Waals surface area contributed by atoms with Crippen molar-refractivity contribution in [2.24, 2.45) is 5.92 Å². The van der Waals surface area contributed by atoms with Gasteiger partial charge < -0.3 is 15.0 Å². The van der Waals surface area contributed by atoms with Crippen LogP contribution >= 0.6 is 11.5 Å². The Morgan fingerprint density at radius 2 is 2.09 bits per heavy atom. The molecule has 3 rings (SSSR count). The summed E-state index contributed by atoms with van der Waals surface area (Å²) in [6, 6.07) is 4.17. The number of methoxy groups -OCH3 is 1. The molecule has 7 heteroatoms. The standard InChI is InChI=1S/C16H23N5OS/c1-22-11-6-15-19-16(23-20-15)18-12-13-4-9-21(10-5-13)14-2-7-17-8-3-14/h2-3,7-8,13H,4-6,9-12H2,1H3,(H,18,19,20). The number of anilines is 2. The van der Waals surface area contributed by atoms with Crippen LogP contribution in [-0.4, -0.2) is 47.7 Å². The van der Waals surface area contributed by atoms with Crippen molar-refractivity contribution >= 4 is 22.4 Å². The quantitative estimate of drug-likeness (QED) is 0.840. The summed E-state index contributed by atoms with van der Waals surface area (Å²) in [6.07, 6.45) is 6.90. The van der Waals surface area contributed by atoms with E-state index in [0.29, 0.717) is 12.5 Å². The van der Waals surface area contributed by atoms with Gasteiger partial charge >= 0.3 is 0 Å². The molecule has 1 fully saturated rings. The first kappa shape index (κ1) is 16.1. The zero-order valence-electron chi connectivity index (χ0n) is 13.4. The minimum Gasteiger partial charge on any atom is -0.384 e. The van der Waals surface area contributed by atoms with Crippen molar-refractivity contribution in [2.75, 3.05) is 43.6 Å². The summed E-state index contributed by atoms with van der Waals surface area (Å²) >= 11 is 1.44. The lowest BCUT2D eigenvalue weighted by Crippen LogP contribution is -2.35. The second-order valence-corrected chi connectivity index (χ2v) is 6.53. The summed E-state index contributed by atoms with van der Waals surface area (Å²) < 4.78 is 9.40. The molecule has 0 unspecified atom stereocenters. The summed E-state index contributed by atoms with van der Waals surface area (Å²) in [7, 11) is 1.70. The molecule has 23 heavy (non-hydrogen) atoms. The predicted molar refractivity (Wildman–Crippen MR) is 93.2 cm³/mol. The van der Waals surface area contributed by atoms with Crippen molar-refractivity contribution in [2.45, 2.75) is 19.3 Å². The molecule has 2 aromatic rings. The molecule has 1 N–H and O–H groups in total. The van der Waals surface area contributed by atoms with Crippen molar-refractivity contribution < 1.29 is 4.74 Å². The Morgan fingerprint density at radius 3 is 2.83 bits per heavy atom. The topological polar surface area (TPSA) is 63.2 Å². The number of piperidine rings is 1. The van der Waals surface area contributed by atoms with Gasteiger partial charge in [-0.15, -0.1) is 0 Å². The maximum absolute atomic E-state index is 5.05. The van der Waals surface area contributed by atoms with Gasteiger partial charge in [0.1, 0.15) is 5.82 Å². The van der Waals surface area contributed by atoms with Crippen LogP contribution < -0.4 is 10.2 Å². The Labute approximate surface area is 141 Å². The fraction of sp³-hybridized carbons (Fsp3) is 0.562. The molecule has 3 heterocycles. The van der Waals surface area contributed by atoms with E-state index in [1.807, 2.05) is 12.4 Å². The Morgan fingerprint density at radius 1 is 1.30 bits per heavy atom.